The van der Waals surface area contributed by atoms with Crippen molar-refractivity contribution in [3.8, 4) is 22.9 Å². The zero-order chi connectivity index (χ0) is 17.1. The van der Waals surface area contributed by atoms with Crippen molar-refractivity contribution in [2.24, 2.45) is 5.73 Å². The maximum absolute atomic E-state index is 13.1. The molecular formula is C16H14FN5O2. The molecule has 0 saturated heterocycles. The molecule has 3 aromatic rings. The fourth-order valence-corrected chi connectivity index (χ4v) is 2.08. The third kappa shape index (κ3) is 3.17. The number of nitrogens with one attached hydrogen (secondary N) is 1. The Balaban J connectivity index is 1.88. The number of benzene rings is 1. The molecule has 1 aromatic carbocycles. The van der Waals surface area contributed by atoms with Crippen molar-refractivity contribution in [2.75, 3.05) is 11.9 Å². The summed E-state index contributed by atoms with van der Waals surface area (Å²) in [7, 11) is 1.54. The Morgan fingerprint density at radius 1 is 1.29 bits per heavy atom. The molecule has 0 spiro atoms. The van der Waals surface area contributed by atoms with Gasteiger partial charge in [0, 0.05) is 24.9 Å². The number of pyridine rings is 1. The number of aromatic nitrogens is 3. The van der Waals surface area contributed by atoms with E-state index < -0.39 is 6.03 Å². The van der Waals surface area contributed by atoms with Gasteiger partial charge in [0.15, 0.2) is 5.75 Å². The highest BCUT2D eigenvalue weighted by molar-refractivity contribution is 5.90. The van der Waals surface area contributed by atoms with Crippen molar-refractivity contribution < 1.29 is 13.9 Å². The van der Waals surface area contributed by atoms with Crippen LogP contribution in [0, 0.1) is 5.82 Å². The highest BCUT2D eigenvalue weighted by Gasteiger charge is 2.13. The van der Waals surface area contributed by atoms with Crippen LogP contribution in [0.3, 0.4) is 0 Å². The maximum atomic E-state index is 13.1. The first kappa shape index (κ1) is 15.5. The number of rotatable bonds is 4. The predicted molar refractivity (Wildman–Crippen MR) is 86.3 cm³/mol. The summed E-state index contributed by atoms with van der Waals surface area (Å²) in [4.78, 5) is 16.6. The van der Waals surface area contributed by atoms with Gasteiger partial charge in [-0.3, -0.25) is 10.00 Å². The number of primary amides is 1. The van der Waals surface area contributed by atoms with Crippen molar-refractivity contribution >= 4 is 11.7 Å². The number of anilines is 1. The van der Waals surface area contributed by atoms with Gasteiger partial charge >= 0.3 is 6.03 Å². The lowest BCUT2D eigenvalue weighted by molar-refractivity contribution is 0.255. The molecule has 0 aliphatic rings. The Kier molecular flexibility index (Phi) is 4.11. The molecule has 3 rings (SSSR count). The molecule has 8 heteroatoms. The number of halogens is 1. The number of carbonyl (C=O) groups excluding carboxylic acids is 1. The van der Waals surface area contributed by atoms with Gasteiger partial charge in [-0.15, -0.1) is 0 Å². The van der Waals surface area contributed by atoms with Crippen LogP contribution < -0.4 is 15.4 Å². The summed E-state index contributed by atoms with van der Waals surface area (Å²) in [5.41, 5.74) is 7.09. The summed E-state index contributed by atoms with van der Waals surface area (Å²) in [6.45, 7) is 0. The number of H-pyrrole nitrogens is 1. The molecular weight excluding hydrogens is 313 g/mol. The minimum atomic E-state index is -0.595. The number of hydrogen-bond acceptors (Lipinski definition) is 4. The largest absolute Gasteiger partial charge is 0.435 e. The second-order valence-corrected chi connectivity index (χ2v) is 4.97. The van der Waals surface area contributed by atoms with Crippen LogP contribution in [-0.2, 0) is 0 Å². The molecule has 0 bridgehead atoms. The van der Waals surface area contributed by atoms with Crippen molar-refractivity contribution in [3.63, 3.8) is 0 Å². The van der Waals surface area contributed by atoms with Gasteiger partial charge in [-0.05, 0) is 30.3 Å². The maximum Gasteiger partial charge on any atom is 0.318 e. The van der Waals surface area contributed by atoms with E-state index in [9.17, 15) is 9.18 Å². The van der Waals surface area contributed by atoms with Crippen LogP contribution in [0.2, 0.25) is 0 Å². The molecule has 0 radical (unpaired) electrons. The number of nitrogens with zero attached hydrogens (tertiary/aromatic N) is 3. The van der Waals surface area contributed by atoms with Crippen molar-refractivity contribution in [1.82, 2.24) is 15.2 Å². The van der Waals surface area contributed by atoms with E-state index in [0.717, 1.165) is 0 Å². The van der Waals surface area contributed by atoms with Crippen LogP contribution in [0.1, 0.15) is 0 Å². The van der Waals surface area contributed by atoms with Gasteiger partial charge in [-0.25, -0.2) is 14.2 Å². The number of carbonyl (C=O) groups is 1. The molecule has 3 N–H and O–H groups in total. The molecule has 0 aliphatic heterocycles. The van der Waals surface area contributed by atoms with Crippen molar-refractivity contribution in [2.45, 2.75) is 0 Å². The average molecular weight is 327 g/mol. The van der Waals surface area contributed by atoms with Crippen LogP contribution in [0.25, 0.3) is 11.3 Å². The summed E-state index contributed by atoms with van der Waals surface area (Å²) in [6, 6.07) is 8.53. The SMILES string of the molecule is CN(C(N)=O)c1ccnc(Oc2cn[nH]c2-c2ccc(F)cc2)c1. The van der Waals surface area contributed by atoms with Crippen LogP contribution in [0.4, 0.5) is 14.9 Å². The minimum Gasteiger partial charge on any atom is -0.435 e. The standard InChI is InChI=1S/C16H14FN5O2/c1-22(16(18)23)12-6-7-19-14(8-12)24-13-9-20-21-15(13)10-2-4-11(17)5-3-10/h2-9H,1H3,(H2,18,23)(H,20,21). The number of amides is 2. The van der Waals surface area contributed by atoms with E-state index in [1.165, 1.54) is 29.4 Å². The van der Waals surface area contributed by atoms with E-state index in [4.69, 9.17) is 10.5 Å². The van der Waals surface area contributed by atoms with E-state index in [2.05, 4.69) is 15.2 Å². The van der Waals surface area contributed by atoms with Crippen LogP contribution >= 0.6 is 0 Å². The van der Waals surface area contributed by atoms with Crippen LogP contribution in [0.5, 0.6) is 11.6 Å². The van der Waals surface area contributed by atoms with E-state index in [1.54, 1.807) is 31.3 Å². The first-order valence-electron chi connectivity index (χ1n) is 7.01. The van der Waals surface area contributed by atoms with Gasteiger partial charge in [0.2, 0.25) is 5.88 Å². The molecule has 2 amide bonds. The summed E-state index contributed by atoms with van der Waals surface area (Å²) >= 11 is 0. The van der Waals surface area contributed by atoms with Gasteiger partial charge in [0.05, 0.1) is 11.9 Å². The number of aromatic amines is 1. The molecule has 7 nitrogen and oxygen atoms in total. The third-order valence-corrected chi connectivity index (χ3v) is 3.39. The molecule has 0 saturated carbocycles. The number of urea groups is 1. The van der Waals surface area contributed by atoms with E-state index >= 15 is 0 Å². The Hall–Kier alpha value is -3.42. The highest BCUT2D eigenvalue weighted by Crippen LogP contribution is 2.31. The number of hydrogen-bond donors (Lipinski definition) is 2. The Morgan fingerprint density at radius 2 is 2.04 bits per heavy atom. The molecule has 0 atom stereocenters. The van der Waals surface area contributed by atoms with Crippen LogP contribution in [-0.4, -0.2) is 28.3 Å². The first-order chi connectivity index (χ1) is 11.5. The van der Waals surface area contributed by atoms with Gasteiger partial charge in [-0.1, -0.05) is 0 Å². The van der Waals surface area contributed by atoms with Gasteiger partial charge in [-0.2, -0.15) is 5.10 Å². The molecule has 24 heavy (non-hydrogen) atoms. The number of nitrogens with two attached hydrogens (primary N) is 1. The molecule has 122 valence electrons. The second kappa shape index (κ2) is 6.37. The summed E-state index contributed by atoms with van der Waals surface area (Å²) < 4.78 is 18.8. The zero-order valence-electron chi connectivity index (χ0n) is 12.7. The van der Waals surface area contributed by atoms with Gasteiger partial charge in [0.25, 0.3) is 0 Å². The summed E-state index contributed by atoms with van der Waals surface area (Å²) in [5.74, 6) is 0.364. The molecule has 2 aromatic heterocycles. The molecule has 0 aliphatic carbocycles. The van der Waals surface area contributed by atoms with Crippen molar-refractivity contribution in [3.05, 3.63) is 54.6 Å². The van der Waals surface area contributed by atoms with Crippen molar-refractivity contribution in [1.29, 1.82) is 0 Å². The highest BCUT2D eigenvalue weighted by atomic mass is 19.1. The first-order valence-corrected chi connectivity index (χ1v) is 7.01. The Bertz CT molecular complexity index is 863. The smallest absolute Gasteiger partial charge is 0.318 e. The van der Waals surface area contributed by atoms with E-state index in [0.29, 0.717) is 22.7 Å². The normalized spacial score (nSPS) is 10.4. The molecule has 2 heterocycles. The minimum absolute atomic E-state index is 0.269. The summed E-state index contributed by atoms with van der Waals surface area (Å²) in [5, 5.41) is 6.75. The van der Waals surface area contributed by atoms with Crippen LogP contribution in [0.15, 0.2) is 48.8 Å². The molecule has 0 fully saturated rings. The average Bonchev–Trinajstić information content (AvgIpc) is 3.03. The van der Waals surface area contributed by atoms with Gasteiger partial charge < -0.3 is 10.5 Å². The lowest BCUT2D eigenvalue weighted by Crippen LogP contribution is -2.31. The third-order valence-electron chi connectivity index (χ3n) is 3.39. The zero-order valence-corrected chi connectivity index (χ0v) is 12.7. The van der Waals surface area contributed by atoms with E-state index in [-0.39, 0.29) is 11.7 Å². The predicted octanol–water partition coefficient (Wildman–Crippen LogP) is 2.92. The lowest BCUT2D eigenvalue weighted by atomic mass is 10.1. The Morgan fingerprint density at radius 3 is 2.75 bits per heavy atom. The monoisotopic (exact) mass is 327 g/mol. The number of ether oxygens (including phenoxy) is 1. The summed E-state index contributed by atoms with van der Waals surface area (Å²) in [6.07, 6.45) is 2.99. The topological polar surface area (TPSA) is 97.1 Å². The lowest BCUT2D eigenvalue weighted by Gasteiger charge is -2.14. The fraction of sp³-hybridized carbons (Fsp3) is 0.0625. The quantitative estimate of drug-likeness (QED) is 0.770. The Labute approximate surface area is 136 Å². The second-order valence-electron chi connectivity index (χ2n) is 4.97. The fourth-order valence-electron chi connectivity index (χ4n) is 2.08. The van der Waals surface area contributed by atoms with E-state index in [1.807, 2.05) is 0 Å². The van der Waals surface area contributed by atoms with Gasteiger partial charge in [0.1, 0.15) is 11.5 Å². The molecule has 0 unspecified atom stereocenters.